The SMILES string of the molecule is COc1c(F)cccc1Nc1c(-c2ccnc3cccnc23)[nH]c2c1C(=O)NCC2. The second-order valence-corrected chi connectivity index (χ2v) is 6.91. The lowest BCUT2D eigenvalue weighted by molar-refractivity contribution is 0.0947. The van der Waals surface area contributed by atoms with E-state index in [0.29, 0.717) is 41.1 Å². The highest BCUT2D eigenvalue weighted by Crippen LogP contribution is 2.40. The number of carbonyl (C=O) groups is 1. The van der Waals surface area contributed by atoms with Gasteiger partial charge in [0.2, 0.25) is 0 Å². The van der Waals surface area contributed by atoms with Gasteiger partial charge >= 0.3 is 0 Å². The van der Waals surface area contributed by atoms with E-state index in [2.05, 4.69) is 25.6 Å². The van der Waals surface area contributed by atoms with Crippen molar-refractivity contribution in [3.63, 3.8) is 0 Å². The lowest BCUT2D eigenvalue weighted by Crippen LogP contribution is -2.31. The Morgan fingerprint density at radius 1 is 1.13 bits per heavy atom. The molecule has 7 nitrogen and oxygen atoms in total. The van der Waals surface area contributed by atoms with Crippen LogP contribution < -0.4 is 15.4 Å². The van der Waals surface area contributed by atoms with Crippen molar-refractivity contribution in [3.8, 4) is 17.0 Å². The van der Waals surface area contributed by atoms with Crippen LogP contribution in [-0.2, 0) is 6.42 Å². The van der Waals surface area contributed by atoms with Gasteiger partial charge in [0.05, 0.1) is 40.8 Å². The second kappa shape index (κ2) is 7.14. The number of hydrogen-bond acceptors (Lipinski definition) is 5. The number of nitrogens with zero attached hydrogens (tertiary/aromatic N) is 2. The smallest absolute Gasteiger partial charge is 0.255 e. The molecule has 1 aromatic carbocycles. The van der Waals surface area contributed by atoms with Gasteiger partial charge in [-0.2, -0.15) is 0 Å². The molecule has 0 bridgehead atoms. The molecule has 0 aliphatic carbocycles. The van der Waals surface area contributed by atoms with Crippen LogP contribution in [0.3, 0.4) is 0 Å². The molecule has 1 amide bonds. The molecule has 150 valence electrons. The maximum Gasteiger partial charge on any atom is 0.255 e. The first kappa shape index (κ1) is 18.1. The van der Waals surface area contributed by atoms with Crippen LogP contribution in [0.5, 0.6) is 5.75 Å². The van der Waals surface area contributed by atoms with Gasteiger partial charge in [-0.15, -0.1) is 0 Å². The fourth-order valence-corrected chi connectivity index (χ4v) is 3.84. The van der Waals surface area contributed by atoms with E-state index in [0.717, 1.165) is 16.8 Å². The van der Waals surface area contributed by atoms with E-state index >= 15 is 0 Å². The van der Waals surface area contributed by atoms with Gasteiger partial charge < -0.3 is 20.4 Å². The summed E-state index contributed by atoms with van der Waals surface area (Å²) in [6.07, 6.45) is 4.06. The summed E-state index contributed by atoms with van der Waals surface area (Å²) in [4.78, 5) is 25.0. The number of para-hydroxylation sites is 1. The highest BCUT2D eigenvalue weighted by Gasteiger charge is 2.28. The zero-order valence-corrected chi connectivity index (χ0v) is 16.1. The van der Waals surface area contributed by atoms with Crippen LogP contribution in [0.15, 0.2) is 48.8 Å². The molecule has 3 aromatic heterocycles. The topological polar surface area (TPSA) is 91.9 Å². The summed E-state index contributed by atoms with van der Waals surface area (Å²) in [7, 11) is 1.41. The number of hydrogen-bond donors (Lipinski definition) is 3. The maximum atomic E-state index is 14.3. The van der Waals surface area contributed by atoms with Crippen molar-refractivity contribution in [2.75, 3.05) is 19.0 Å². The fraction of sp³-hybridized carbons (Fsp3) is 0.136. The average molecular weight is 403 g/mol. The van der Waals surface area contributed by atoms with E-state index in [1.54, 1.807) is 24.5 Å². The quantitative estimate of drug-likeness (QED) is 0.482. The summed E-state index contributed by atoms with van der Waals surface area (Å²) in [6, 6.07) is 10.2. The van der Waals surface area contributed by atoms with E-state index in [9.17, 15) is 9.18 Å². The first-order valence-electron chi connectivity index (χ1n) is 9.50. The molecule has 0 saturated heterocycles. The number of carbonyl (C=O) groups excluding carboxylic acids is 1. The first-order chi connectivity index (χ1) is 14.7. The fourth-order valence-electron chi connectivity index (χ4n) is 3.84. The van der Waals surface area contributed by atoms with Crippen LogP contribution >= 0.6 is 0 Å². The average Bonchev–Trinajstić information content (AvgIpc) is 3.13. The number of rotatable bonds is 4. The Hall–Kier alpha value is -3.94. The highest BCUT2D eigenvalue weighted by atomic mass is 19.1. The summed E-state index contributed by atoms with van der Waals surface area (Å²) in [5, 5.41) is 6.10. The molecular weight excluding hydrogens is 385 g/mol. The third-order valence-electron chi connectivity index (χ3n) is 5.16. The minimum atomic E-state index is -0.492. The normalized spacial score (nSPS) is 13.1. The number of H-pyrrole nitrogens is 1. The van der Waals surface area contributed by atoms with Gasteiger partial charge in [0, 0.05) is 36.6 Å². The van der Waals surface area contributed by atoms with Gasteiger partial charge in [-0.05, 0) is 30.3 Å². The molecule has 3 N–H and O–H groups in total. The Morgan fingerprint density at radius 3 is 2.90 bits per heavy atom. The Kier molecular flexibility index (Phi) is 4.31. The summed E-state index contributed by atoms with van der Waals surface area (Å²) >= 11 is 0. The molecule has 1 aliphatic heterocycles. The number of halogens is 1. The molecule has 0 radical (unpaired) electrons. The predicted octanol–water partition coefficient (Wildman–Crippen LogP) is 3.80. The molecule has 8 heteroatoms. The Balaban J connectivity index is 1.75. The molecule has 0 fully saturated rings. The van der Waals surface area contributed by atoms with Crippen molar-refractivity contribution in [2.24, 2.45) is 0 Å². The molecule has 0 atom stereocenters. The Labute approximate surface area is 171 Å². The Morgan fingerprint density at radius 2 is 2.03 bits per heavy atom. The largest absolute Gasteiger partial charge is 0.492 e. The molecule has 0 saturated carbocycles. The van der Waals surface area contributed by atoms with Crippen LogP contribution in [0.2, 0.25) is 0 Å². The number of nitrogens with one attached hydrogen (secondary N) is 3. The summed E-state index contributed by atoms with van der Waals surface area (Å²) in [5.74, 6) is -0.607. The lowest BCUT2D eigenvalue weighted by Gasteiger charge is -2.16. The summed E-state index contributed by atoms with van der Waals surface area (Å²) < 4.78 is 19.5. The number of ether oxygens (including phenoxy) is 1. The number of anilines is 2. The van der Waals surface area contributed by atoms with E-state index in [1.165, 1.54) is 13.2 Å². The van der Waals surface area contributed by atoms with E-state index < -0.39 is 5.82 Å². The van der Waals surface area contributed by atoms with E-state index in [1.807, 2.05) is 18.2 Å². The van der Waals surface area contributed by atoms with Gasteiger partial charge in [-0.25, -0.2) is 4.39 Å². The Bertz CT molecular complexity index is 1280. The third kappa shape index (κ3) is 2.85. The van der Waals surface area contributed by atoms with Gasteiger partial charge in [-0.3, -0.25) is 14.8 Å². The predicted molar refractivity (Wildman–Crippen MR) is 112 cm³/mol. The van der Waals surface area contributed by atoms with Gasteiger partial charge in [0.25, 0.3) is 5.91 Å². The molecule has 4 heterocycles. The van der Waals surface area contributed by atoms with Crippen molar-refractivity contribution < 1.29 is 13.9 Å². The highest BCUT2D eigenvalue weighted by molar-refractivity contribution is 6.08. The molecule has 1 aliphatic rings. The van der Waals surface area contributed by atoms with Gasteiger partial charge in [0.1, 0.15) is 0 Å². The number of aromatic nitrogens is 3. The van der Waals surface area contributed by atoms with Gasteiger partial charge in [0.15, 0.2) is 11.6 Å². The number of amides is 1. The van der Waals surface area contributed by atoms with Crippen molar-refractivity contribution >= 4 is 28.3 Å². The minimum absolute atomic E-state index is 0.0762. The molecule has 30 heavy (non-hydrogen) atoms. The van der Waals surface area contributed by atoms with E-state index in [-0.39, 0.29) is 11.7 Å². The number of fused-ring (bicyclic) bond motifs is 2. The van der Waals surface area contributed by atoms with Crippen molar-refractivity contribution in [2.45, 2.75) is 6.42 Å². The third-order valence-corrected chi connectivity index (χ3v) is 5.16. The molecule has 0 unspecified atom stereocenters. The molecule has 4 aromatic rings. The summed E-state index contributed by atoms with van der Waals surface area (Å²) in [6.45, 7) is 0.545. The number of methoxy groups -OCH3 is 1. The number of aromatic amines is 1. The van der Waals surface area contributed by atoms with E-state index in [4.69, 9.17) is 4.74 Å². The number of benzene rings is 1. The molecule has 5 rings (SSSR count). The van der Waals surface area contributed by atoms with Crippen LogP contribution in [0.25, 0.3) is 22.3 Å². The van der Waals surface area contributed by atoms with Crippen molar-refractivity contribution in [1.82, 2.24) is 20.3 Å². The monoisotopic (exact) mass is 403 g/mol. The zero-order valence-electron chi connectivity index (χ0n) is 16.1. The maximum absolute atomic E-state index is 14.3. The molecule has 0 spiro atoms. The van der Waals surface area contributed by atoms with Gasteiger partial charge in [-0.1, -0.05) is 6.07 Å². The zero-order chi connectivity index (χ0) is 20.7. The van der Waals surface area contributed by atoms with Crippen LogP contribution in [0, 0.1) is 5.82 Å². The first-order valence-corrected chi connectivity index (χ1v) is 9.50. The van der Waals surface area contributed by atoms with Crippen molar-refractivity contribution in [1.29, 1.82) is 0 Å². The lowest BCUT2D eigenvalue weighted by atomic mass is 10.0. The van der Waals surface area contributed by atoms with Crippen LogP contribution in [0.4, 0.5) is 15.8 Å². The van der Waals surface area contributed by atoms with Crippen LogP contribution in [-0.4, -0.2) is 34.5 Å². The van der Waals surface area contributed by atoms with Crippen LogP contribution in [0.1, 0.15) is 16.1 Å². The number of pyridine rings is 2. The minimum Gasteiger partial charge on any atom is -0.492 e. The molecular formula is C22H18FN5O2. The van der Waals surface area contributed by atoms with Crippen molar-refractivity contribution in [3.05, 3.63) is 65.9 Å². The standard InChI is InChI=1S/C22H18FN5O2/c1-30-21-13(23)4-2-5-16(21)28-20-17-14(8-11-26-22(17)29)27-19(20)12-7-10-24-15-6-3-9-25-18(12)15/h2-7,9-10,27-28H,8,11H2,1H3,(H,26,29). The second-order valence-electron chi connectivity index (χ2n) is 6.91. The summed E-state index contributed by atoms with van der Waals surface area (Å²) in [5.41, 5.74) is 5.20.